The van der Waals surface area contributed by atoms with Crippen molar-refractivity contribution in [2.45, 2.75) is 18.7 Å². The highest BCUT2D eigenvalue weighted by Crippen LogP contribution is 2.27. The third-order valence-electron chi connectivity index (χ3n) is 4.00. The average Bonchev–Trinajstić information content (AvgIpc) is 2.69. The molecule has 1 N–H and O–H groups in total. The van der Waals surface area contributed by atoms with Gasteiger partial charge in [-0.05, 0) is 29.8 Å². The molecule has 0 saturated heterocycles. The molecule has 28 heavy (non-hydrogen) atoms. The standard InChI is InChI=1S/C20H20ClN3O3S/c1-3-24(4-2)28(26,27)17-10-11-18(21)19(13-17)23-20(25)16(14-22)12-15-8-6-5-7-9-15/h5-13H,3-4H2,1-2H3,(H,23,25)/b16-12-. The largest absolute Gasteiger partial charge is 0.320 e. The van der Waals surface area contributed by atoms with Crippen LogP contribution >= 0.6 is 11.6 Å². The average molecular weight is 418 g/mol. The van der Waals surface area contributed by atoms with Crippen LogP contribution < -0.4 is 5.32 Å². The summed E-state index contributed by atoms with van der Waals surface area (Å²) in [6.07, 6.45) is 1.44. The summed E-state index contributed by atoms with van der Waals surface area (Å²) in [6.45, 7) is 4.13. The van der Waals surface area contributed by atoms with Gasteiger partial charge in [-0.2, -0.15) is 9.57 Å². The highest BCUT2D eigenvalue weighted by molar-refractivity contribution is 7.89. The molecule has 0 atom stereocenters. The number of benzene rings is 2. The zero-order valence-corrected chi connectivity index (χ0v) is 17.1. The zero-order valence-electron chi connectivity index (χ0n) is 15.5. The number of hydrogen-bond donors (Lipinski definition) is 1. The SMILES string of the molecule is CCN(CC)S(=O)(=O)c1ccc(Cl)c(NC(=O)/C(C#N)=C\c2ccccc2)c1. The Balaban J connectivity index is 2.35. The Bertz CT molecular complexity index is 1020. The Morgan fingerprint density at radius 3 is 2.39 bits per heavy atom. The second-order valence-corrected chi connectivity index (χ2v) is 8.11. The maximum Gasteiger partial charge on any atom is 0.266 e. The second-order valence-electron chi connectivity index (χ2n) is 5.77. The molecule has 0 radical (unpaired) electrons. The van der Waals surface area contributed by atoms with Crippen molar-refractivity contribution in [2.75, 3.05) is 18.4 Å². The number of amides is 1. The molecule has 2 rings (SSSR count). The van der Waals surface area contributed by atoms with Gasteiger partial charge in [-0.25, -0.2) is 8.42 Å². The van der Waals surface area contributed by atoms with Crippen molar-refractivity contribution in [3.05, 3.63) is 64.7 Å². The Hall–Kier alpha value is -2.66. The van der Waals surface area contributed by atoms with Crippen molar-refractivity contribution in [2.24, 2.45) is 0 Å². The van der Waals surface area contributed by atoms with Gasteiger partial charge in [0, 0.05) is 13.1 Å². The molecule has 0 aliphatic carbocycles. The van der Waals surface area contributed by atoms with Crippen LogP contribution in [0.25, 0.3) is 6.08 Å². The van der Waals surface area contributed by atoms with Gasteiger partial charge in [0.15, 0.2) is 0 Å². The number of carbonyl (C=O) groups excluding carboxylic acids is 1. The van der Waals surface area contributed by atoms with E-state index in [0.29, 0.717) is 18.7 Å². The van der Waals surface area contributed by atoms with E-state index in [1.807, 2.05) is 12.1 Å². The molecule has 146 valence electrons. The van der Waals surface area contributed by atoms with Crippen molar-refractivity contribution in [1.29, 1.82) is 5.26 Å². The molecule has 0 unspecified atom stereocenters. The van der Waals surface area contributed by atoms with Crippen LogP contribution in [0.1, 0.15) is 19.4 Å². The number of carbonyl (C=O) groups is 1. The number of halogens is 1. The lowest BCUT2D eigenvalue weighted by molar-refractivity contribution is -0.112. The predicted molar refractivity (Wildman–Crippen MR) is 110 cm³/mol. The minimum absolute atomic E-state index is 0.0152. The van der Waals surface area contributed by atoms with E-state index in [-0.39, 0.29) is 21.2 Å². The Morgan fingerprint density at radius 2 is 1.82 bits per heavy atom. The topological polar surface area (TPSA) is 90.3 Å². The van der Waals surface area contributed by atoms with Gasteiger partial charge < -0.3 is 5.32 Å². The molecule has 0 spiro atoms. The molecule has 6 nitrogen and oxygen atoms in total. The minimum atomic E-state index is -3.71. The summed E-state index contributed by atoms with van der Waals surface area (Å²) in [5, 5.41) is 12.0. The van der Waals surface area contributed by atoms with E-state index in [0.717, 1.165) is 0 Å². The van der Waals surface area contributed by atoms with Crippen LogP contribution in [-0.4, -0.2) is 31.7 Å². The molecule has 0 aliphatic rings. The lowest BCUT2D eigenvalue weighted by Gasteiger charge is -2.19. The summed E-state index contributed by atoms with van der Waals surface area (Å²) in [4.78, 5) is 12.5. The third-order valence-corrected chi connectivity index (χ3v) is 6.38. The normalized spacial score (nSPS) is 11.9. The van der Waals surface area contributed by atoms with E-state index in [4.69, 9.17) is 11.6 Å². The number of sulfonamides is 1. The van der Waals surface area contributed by atoms with E-state index in [1.165, 1.54) is 28.6 Å². The van der Waals surface area contributed by atoms with Gasteiger partial charge >= 0.3 is 0 Å². The summed E-state index contributed by atoms with van der Waals surface area (Å²) in [5.41, 5.74) is 0.687. The summed E-state index contributed by atoms with van der Waals surface area (Å²) < 4.78 is 26.7. The number of rotatable bonds is 7. The van der Waals surface area contributed by atoms with Crippen LogP contribution in [-0.2, 0) is 14.8 Å². The first-order valence-corrected chi connectivity index (χ1v) is 10.4. The summed E-state index contributed by atoms with van der Waals surface area (Å²) in [6, 6.07) is 14.9. The lowest BCUT2D eigenvalue weighted by atomic mass is 10.1. The van der Waals surface area contributed by atoms with Gasteiger partial charge in [-0.3, -0.25) is 4.79 Å². The highest BCUT2D eigenvalue weighted by Gasteiger charge is 2.23. The van der Waals surface area contributed by atoms with Crippen LogP contribution in [0.5, 0.6) is 0 Å². The molecule has 0 aliphatic heterocycles. The number of anilines is 1. The summed E-state index contributed by atoms with van der Waals surface area (Å²) in [7, 11) is -3.71. The molecule has 0 heterocycles. The molecule has 0 aromatic heterocycles. The number of nitrogens with one attached hydrogen (secondary N) is 1. The number of nitriles is 1. The van der Waals surface area contributed by atoms with Gasteiger partial charge in [-0.15, -0.1) is 0 Å². The van der Waals surface area contributed by atoms with Crippen molar-refractivity contribution in [3.63, 3.8) is 0 Å². The van der Waals surface area contributed by atoms with Crippen molar-refractivity contribution >= 4 is 39.3 Å². The van der Waals surface area contributed by atoms with Crippen LogP contribution in [0.15, 0.2) is 59.0 Å². The van der Waals surface area contributed by atoms with E-state index in [9.17, 15) is 18.5 Å². The second kappa shape index (κ2) is 9.51. The summed E-state index contributed by atoms with van der Waals surface area (Å²) in [5.74, 6) is -0.675. The molecule has 0 fully saturated rings. The Morgan fingerprint density at radius 1 is 1.18 bits per heavy atom. The first-order chi connectivity index (χ1) is 13.3. The third kappa shape index (κ3) is 4.98. The first-order valence-electron chi connectivity index (χ1n) is 8.61. The van der Waals surface area contributed by atoms with Crippen LogP contribution in [0, 0.1) is 11.3 Å². The van der Waals surface area contributed by atoms with Crippen LogP contribution in [0.4, 0.5) is 5.69 Å². The number of nitrogens with zero attached hydrogens (tertiary/aromatic N) is 2. The molecule has 0 saturated carbocycles. The van der Waals surface area contributed by atoms with Gasteiger partial charge in [0.05, 0.1) is 15.6 Å². The fourth-order valence-corrected chi connectivity index (χ4v) is 4.18. The quantitative estimate of drug-likeness (QED) is 0.546. The van der Waals surface area contributed by atoms with Crippen molar-refractivity contribution < 1.29 is 13.2 Å². The summed E-state index contributed by atoms with van der Waals surface area (Å²) >= 11 is 6.12. The monoisotopic (exact) mass is 417 g/mol. The molecular formula is C20H20ClN3O3S. The zero-order chi connectivity index (χ0) is 20.7. The first kappa shape index (κ1) is 21.6. The van der Waals surface area contributed by atoms with Gasteiger partial charge in [0.1, 0.15) is 11.6 Å². The van der Waals surface area contributed by atoms with Gasteiger partial charge in [0.2, 0.25) is 10.0 Å². The molecule has 1 amide bonds. The number of hydrogen-bond acceptors (Lipinski definition) is 4. The Labute approximate surface area is 170 Å². The molecule has 0 bridgehead atoms. The van der Waals surface area contributed by atoms with E-state index < -0.39 is 15.9 Å². The van der Waals surface area contributed by atoms with Crippen molar-refractivity contribution in [1.82, 2.24) is 4.31 Å². The Kier molecular flexibility index (Phi) is 7.35. The van der Waals surface area contributed by atoms with E-state index in [1.54, 1.807) is 38.1 Å². The van der Waals surface area contributed by atoms with Crippen molar-refractivity contribution in [3.8, 4) is 6.07 Å². The minimum Gasteiger partial charge on any atom is -0.320 e. The molecule has 8 heteroatoms. The predicted octanol–water partition coefficient (Wildman–Crippen LogP) is 3.92. The van der Waals surface area contributed by atoms with Crippen LogP contribution in [0.3, 0.4) is 0 Å². The van der Waals surface area contributed by atoms with Crippen LogP contribution in [0.2, 0.25) is 5.02 Å². The van der Waals surface area contributed by atoms with E-state index >= 15 is 0 Å². The fourth-order valence-electron chi connectivity index (χ4n) is 2.53. The fraction of sp³-hybridized carbons (Fsp3) is 0.200. The smallest absolute Gasteiger partial charge is 0.266 e. The molecule has 2 aromatic rings. The highest BCUT2D eigenvalue weighted by atomic mass is 35.5. The maximum absolute atomic E-state index is 12.7. The maximum atomic E-state index is 12.7. The van der Waals surface area contributed by atoms with Gasteiger partial charge in [-0.1, -0.05) is 55.8 Å². The molecule has 2 aromatic carbocycles. The van der Waals surface area contributed by atoms with E-state index in [2.05, 4.69) is 5.32 Å². The lowest BCUT2D eigenvalue weighted by Crippen LogP contribution is -2.30. The molecular weight excluding hydrogens is 398 g/mol. The van der Waals surface area contributed by atoms with Gasteiger partial charge in [0.25, 0.3) is 5.91 Å².